The Morgan fingerprint density at radius 3 is 2.56 bits per heavy atom. The smallest absolute Gasteiger partial charge is 0.240 e. The molecule has 1 heterocycles. The van der Waals surface area contributed by atoms with E-state index in [0.29, 0.717) is 12.8 Å². The van der Waals surface area contributed by atoms with Gasteiger partial charge >= 0.3 is 0 Å². The Kier molecular flexibility index (Phi) is 5.53. The number of hydrogen-bond donors (Lipinski definition) is 1. The molecule has 0 saturated heterocycles. The maximum absolute atomic E-state index is 12.7. The van der Waals surface area contributed by atoms with Crippen LogP contribution in [0.5, 0.6) is 5.75 Å². The largest absolute Gasteiger partial charge is 0.497 e. The Morgan fingerprint density at radius 1 is 1.22 bits per heavy atom. The van der Waals surface area contributed by atoms with Crippen molar-refractivity contribution in [2.45, 2.75) is 44.2 Å². The number of nitrogens with one attached hydrogen (secondary N) is 1. The number of sulfonamides is 1. The quantitative estimate of drug-likeness (QED) is 0.826. The van der Waals surface area contributed by atoms with Crippen LogP contribution in [0.4, 0.5) is 5.69 Å². The fraction of sp³-hybridized carbons (Fsp3) is 0.350. The van der Waals surface area contributed by atoms with E-state index in [2.05, 4.69) is 4.72 Å². The Bertz CT molecular complexity index is 939. The molecule has 0 unspecified atom stereocenters. The Labute approximate surface area is 160 Å². The fourth-order valence-corrected chi connectivity index (χ4v) is 4.40. The van der Waals surface area contributed by atoms with Crippen LogP contribution in [0.2, 0.25) is 0 Å². The number of fused-ring (bicyclic) bond motifs is 1. The van der Waals surface area contributed by atoms with Gasteiger partial charge in [-0.1, -0.05) is 19.1 Å². The van der Waals surface area contributed by atoms with E-state index >= 15 is 0 Å². The summed E-state index contributed by atoms with van der Waals surface area (Å²) in [5.74, 6) is 0.773. The van der Waals surface area contributed by atoms with Gasteiger partial charge < -0.3 is 9.64 Å². The summed E-state index contributed by atoms with van der Waals surface area (Å²) >= 11 is 0. The van der Waals surface area contributed by atoms with Crippen molar-refractivity contribution in [2.75, 3.05) is 12.0 Å². The van der Waals surface area contributed by atoms with Crippen LogP contribution < -0.4 is 14.4 Å². The van der Waals surface area contributed by atoms with Gasteiger partial charge in [0.25, 0.3) is 0 Å². The number of benzene rings is 2. The highest BCUT2D eigenvalue weighted by Gasteiger charge is 2.31. The number of methoxy groups -OCH3 is 1. The van der Waals surface area contributed by atoms with Crippen molar-refractivity contribution in [3.05, 3.63) is 53.6 Å². The lowest BCUT2D eigenvalue weighted by molar-refractivity contribution is -0.118. The molecule has 0 spiro atoms. The molecule has 0 radical (unpaired) electrons. The minimum absolute atomic E-state index is 0.0395. The third kappa shape index (κ3) is 3.99. The first kappa shape index (κ1) is 19.4. The zero-order chi connectivity index (χ0) is 19.6. The second-order valence-corrected chi connectivity index (χ2v) is 8.40. The Hall–Kier alpha value is -2.38. The van der Waals surface area contributed by atoms with Gasteiger partial charge in [-0.3, -0.25) is 4.79 Å². The minimum atomic E-state index is -3.64. The zero-order valence-corrected chi connectivity index (χ0v) is 16.5. The highest BCUT2D eigenvalue weighted by atomic mass is 32.2. The van der Waals surface area contributed by atoms with Crippen molar-refractivity contribution in [3.8, 4) is 5.75 Å². The third-order valence-electron chi connectivity index (χ3n) is 4.77. The van der Waals surface area contributed by atoms with E-state index in [4.69, 9.17) is 4.74 Å². The molecule has 2 aromatic carbocycles. The van der Waals surface area contributed by atoms with E-state index in [1.165, 1.54) is 0 Å². The van der Waals surface area contributed by atoms with E-state index in [1.54, 1.807) is 42.3 Å². The number of carbonyl (C=O) groups is 1. The van der Waals surface area contributed by atoms with E-state index < -0.39 is 10.0 Å². The lowest BCUT2D eigenvalue weighted by Crippen LogP contribution is -2.35. The van der Waals surface area contributed by atoms with Crippen molar-refractivity contribution < 1.29 is 17.9 Å². The van der Waals surface area contributed by atoms with E-state index in [-0.39, 0.29) is 23.4 Å². The number of ether oxygens (including phenoxy) is 1. The molecule has 1 N–H and O–H groups in total. The summed E-state index contributed by atoms with van der Waals surface area (Å²) in [6.45, 7) is 4.00. The second kappa shape index (κ2) is 7.70. The number of carbonyl (C=O) groups excluding carboxylic acids is 1. The van der Waals surface area contributed by atoms with Gasteiger partial charge in [-0.25, -0.2) is 13.1 Å². The number of amides is 1. The summed E-state index contributed by atoms with van der Waals surface area (Å²) in [4.78, 5) is 14.1. The maximum Gasteiger partial charge on any atom is 0.240 e. The molecule has 0 saturated carbocycles. The average Bonchev–Trinajstić information content (AvgIpc) is 3.01. The number of rotatable bonds is 6. The SMILES string of the molecule is CCC(=O)N1c2ccc(S(=O)(=O)NCc3ccc(OC)cc3)cc2C[C@@H]1C. The van der Waals surface area contributed by atoms with Crippen LogP contribution in [-0.2, 0) is 27.8 Å². The molecule has 0 fully saturated rings. The molecule has 3 rings (SSSR count). The van der Waals surface area contributed by atoms with Crippen LogP contribution in [0.3, 0.4) is 0 Å². The van der Waals surface area contributed by atoms with Crippen LogP contribution >= 0.6 is 0 Å². The highest BCUT2D eigenvalue weighted by molar-refractivity contribution is 7.89. The lowest BCUT2D eigenvalue weighted by atomic mass is 10.1. The van der Waals surface area contributed by atoms with E-state index in [1.807, 2.05) is 26.0 Å². The lowest BCUT2D eigenvalue weighted by Gasteiger charge is -2.22. The molecule has 1 aliphatic heterocycles. The molecular weight excluding hydrogens is 364 g/mol. The van der Waals surface area contributed by atoms with Gasteiger partial charge in [-0.2, -0.15) is 0 Å². The minimum Gasteiger partial charge on any atom is -0.497 e. The topological polar surface area (TPSA) is 75.7 Å². The van der Waals surface area contributed by atoms with Crippen molar-refractivity contribution in [2.24, 2.45) is 0 Å². The third-order valence-corrected chi connectivity index (χ3v) is 6.17. The number of nitrogens with zero attached hydrogens (tertiary/aromatic N) is 1. The van der Waals surface area contributed by atoms with Gasteiger partial charge in [0.05, 0.1) is 12.0 Å². The average molecular weight is 388 g/mol. The van der Waals surface area contributed by atoms with Crippen LogP contribution in [-0.4, -0.2) is 27.5 Å². The summed E-state index contributed by atoms with van der Waals surface area (Å²) in [7, 11) is -2.06. The monoisotopic (exact) mass is 388 g/mol. The summed E-state index contributed by atoms with van der Waals surface area (Å²) < 4.78 is 33.1. The molecule has 1 amide bonds. The van der Waals surface area contributed by atoms with Crippen LogP contribution in [0.1, 0.15) is 31.4 Å². The summed E-state index contributed by atoms with van der Waals surface area (Å²) in [6.07, 6.45) is 1.08. The molecule has 1 atom stereocenters. The molecule has 2 aromatic rings. The predicted octanol–water partition coefficient (Wildman–Crippen LogP) is 2.86. The van der Waals surface area contributed by atoms with Crippen LogP contribution in [0.15, 0.2) is 47.4 Å². The van der Waals surface area contributed by atoms with Crippen LogP contribution in [0.25, 0.3) is 0 Å². The molecule has 7 heteroatoms. The molecule has 0 aliphatic carbocycles. The molecule has 0 bridgehead atoms. The summed E-state index contributed by atoms with van der Waals surface area (Å²) in [6, 6.07) is 12.2. The van der Waals surface area contributed by atoms with Gasteiger partial charge in [-0.05, 0) is 54.8 Å². The molecule has 144 valence electrons. The van der Waals surface area contributed by atoms with Crippen LogP contribution in [0, 0.1) is 0 Å². The first-order valence-electron chi connectivity index (χ1n) is 8.93. The Balaban J connectivity index is 1.77. The van der Waals surface area contributed by atoms with Gasteiger partial charge in [0.2, 0.25) is 15.9 Å². The van der Waals surface area contributed by atoms with Crippen molar-refractivity contribution in [3.63, 3.8) is 0 Å². The molecule has 1 aliphatic rings. The molecule has 27 heavy (non-hydrogen) atoms. The van der Waals surface area contributed by atoms with Gasteiger partial charge in [-0.15, -0.1) is 0 Å². The van der Waals surface area contributed by atoms with Gasteiger partial charge in [0.15, 0.2) is 0 Å². The zero-order valence-electron chi connectivity index (χ0n) is 15.7. The number of hydrogen-bond acceptors (Lipinski definition) is 4. The molecule has 6 nitrogen and oxygen atoms in total. The summed E-state index contributed by atoms with van der Waals surface area (Å²) in [5, 5.41) is 0. The normalized spacial score (nSPS) is 16.3. The van der Waals surface area contributed by atoms with Gasteiger partial charge in [0, 0.05) is 24.7 Å². The Morgan fingerprint density at radius 2 is 1.93 bits per heavy atom. The van der Waals surface area contributed by atoms with Crippen molar-refractivity contribution >= 4 is 21.6 Å². The first-order valence-corrected chi connectivity index (χ1v) is 10.4. The fourth-order valence-electron chi connectivity index (χ4n) is 3.33. The predicted molar refractivity (Wildman–Crippen MR) is 104 cm³/mol. The summed E-state index contributed by atoms with van der Waals surface area (Å²) in [5.41, 5.74) is 2.54. The maximum atomic E-state index is 12.7. The van der Waals surface area contributed by atoms with E-state index in [9.17, 15) is 13.2 Å². The number of anilines is 1. The first-order chi connectivity index (χ1) is 12.9. The highest BCUT2D eigenvalue weighted by Crippen LogP contribution is 2.34. The molecule has 0 aromatic heterocycles. The standard InChI is InChI=1S/C20H24N2O4S/c1-4-20(23)22-14(2)11-16-12-18(9-10-19(16)22)27(24,25)21-13-15-5-7-17(26-3)8-6-15/h5-10,12,14,21H,4,11,13H2,1-3H3/t14-/m0/s1. The molecular formula is C20H24N2O4S. The van der Waals surface area contributed by atoms with Crippen molar-refractivity contribution in [1.82, 2.24) is 4.72 Å². The second-order valence-electron chi connectivity index (χ2n) is 6.63. The van der Waals surface area contributed by atoms with Gasteiger partial charge in [0.1, 0.15) is 5.75 Å². The van der Waals surface area contributed by atoms with E-state index in [0.717, 1.165) is 22.6 Å². The van der Waals surface area contributed by atoms with Crippen molar-refractivity contribution in [1.29, 1.82) is 0 Å².